The predicted octanol–water partition coefficient (Wildman–Crippen LogP) is 6.10. The SMILES string of the molecule is Fc1ccc(Oc2csc(-c3nc(-c4ccc(C5OCC5(F)F)cc4)no3)c2)cc1. The summed E-state index contributed by atoms with van der Waals surface area (Å²) in [4.78, 5) is 5.07. The van der Waals surface area contributed by atoms with Crippen LogP contribution in [0, 0.1) is 5.82 Å². The zero-order valence-corrected chi connectivity index (χ0v) is 16.0. The van der Waals surface area contributed by atoms with Crippen molar-refractivity contribution in [3.63, 3.8) is 0 Å². The molecule has 1 aliphatic heterocycles. The van der Waals surface area contributed by atoms with Gasteiger partial charge in [-0.1, -0.05) is 29.4 Å². The molecule has 30 heavy (non-hydrogen) atoms. The molecule has 0 amide bonds. The first-order valence-corrected chi connectivity index (χ1v) is 9.82. The average molecular weight is 430 g/mol. The zero-order valence-electron chi connectivity index (χ0n) is 15.2. The Morgan fingerprint density at radius 2 is 1.80 bits per heavy atom. The maximum Gasteiger partial charge on any atom is 0.300 e. The van der Waals surface area contributed by atoms with Crippen LogP contribution in [0.5, 0.6) is 11.5 Å². The van der Waals surface area contributed by atoms with Crippen molar-refractivity contribution in [2.45, 2.75) is 12.0 Å². The molecule has 1 saturated heterocycles. The van der Waals surface area contributed by atoms with Crippen LogP contribution in [-0.4, -0.2) is 22.7 Å². The van der Waals surface area contributed by atoms with Crippen molar-refractivity contribution in [3.05, 3.63) is 71.4 Å². The molecule has 1 atom stereocenters. The standard InChI is InChI=1S/C21H13F3N2O3S/c22-14-5-7-15(8-6-14)28-16-9-17(30-10-16)20-25-19(26-29-20)13-3-1-12(2-4-13)18-21(23,24)11-27-18/h1-10,18H,11H2. The number of benzene rings is 2. The van der Waals surface area contributed by atoms with E-state index in [1.165, 1.54) is 35.6 Å². The van der Waals surface area contributed by atoms with Crippen LogP contribution in [0.3, 0.4) is 0 Å². The van der Waals surface area contributed by atoms with E-state index in [0.717, 1.165) is 0 Å². The average Bonchev–Trinajstić information content (AvgIpc) is 3.39. The topological polar surface area (TPSA) is 57.4 Å². The fraction of sp³-hybridized carbons (Fsp3) is 0.143. The Labute approximate surface area is 172 Å². The van der Waals surface area contributed by atoms with Crippen LogP contribution in [0.2, 0.25) is 0 Å². The molecule has 2 aromatic carbocycles. The van der Waals surface area contributed by atoms with E-state index < -0.39 is 18.6 Å². The number of hydrogen-bond donors (Lipinski definition) is 0. The molecule has 152 valence electrons. The van der Waals surface area contributed by atoms with Gasteiger partial charge in [0.1, 0.15) is 30.0 Å². The molecule has 2 aromatic heterocycles. The molecule has 1 fully saturated rings. The van der Waals surface area contributed by atoms with Gasteiger partial charge in [-0.15, -0.1) is 11.3 Å². The summed E-state index contributed by atoms with van der Waals surface area (Å²) in [7, 11) is 0. The van der Waals surface area contributed by atoms with Crippen molar-refractivity contribution in [2.75, 3.05) is 6.61 Å². The van der Waals surface area contributed by atoms with E-state index in [-0.39, 0.29) is 5.82 Å². The highest BCUT2D eigenvalue weighted by Crippen LogP contribution is 2.43. The Bertz CT molecular complexity index is 1170. The largest absolute Gasteiger partial charge is 0.456 e. The molecule has 5 rings (SSSR count). The summed E-state index contributed by atoms with van der Waals surface area (Å²) >= 11 is 1.36. The summed E-state index contributed by atoms with van der Waals surface area (Å²) in [6, 6.07) is 13.9. The molecule has 3 heterocycles. The smallest absolute Gasteiger partial charge is 0.300 e. The van der Waals surface area contributed by atoms with Crippen molar-refractivity contribution < 1.29 is 27.2 Å². The predicted molar refractivity (Wildman–Crippen MR) is 103 cm³/mol. The highest BCUT2D eigenvalue weighted by molar-refractivity contribution is 7.13. The Hall–Kier alpha value is -3.17. The molecule has 0 N–H and O–H groups in total. The number of rotatable bonds is 5. The van der Waals surface area contributed by atoms with Gasteiger partial charge in [-0.25, -0.2) is 13.2 Å². The maximum absolute atomic E-state index is 13.5. The molecule has 1 unspecified atom stereocenters. The third-order valence-corrected chi connectivity index (χ3v) is 5.46. The summed E-state index contributed by atoms with van der Waals surface area (Å²) in [6.07, 6.45) is -1.21. The van der Waals surface area contributed by atoms with Crippen molar-refractivity contribution in [3.8, 4) is 33.7 Å². The summed E-state index contributed by atoms with van der Waals surface area (Å²) in [5, 5.41) is 5.74. The fourth-order valence-corrected chi connectivity index (χ4v) is 3.73. The summed E-state index contributed by atoms with van der Waals surface area (Å²) in [5.74, 6) is -1.46. The second kappa shape index (κ2) is 7.26. The summed E-state index contributed by atoms with van der Waals surface area (Å²) in [6.45, 7) is -0.554. The van der Waals surface area contributed by atoms with Gasteiger partial charge in [0.05, 0.1) is 4.88 Å². The Balaban J connectivity index is 1.31. The first kappa shape index (κ1) is 18.8. The minimum atomic E-state index is -2.84. The van der Waals surface area contributed by atoms with Crippen LogP contribution in [0.15, 0.2) is 64.5 Å². The molecule has 0 saturated carbocycles. The van der Waals surface area contributed by atoms with Gasteiger partial charge >= 0.3 is 5.92 Å². The van der Waals surface area contributed by atoms with Gasteiger partial charge in [-0.3, -0.25) is 0 Å². The van der Waals surface area contributed by atoms with Crippen LogP contribution >= 0.6 is 11.3 Å². The number of alkyl halides is 2. The molecule has 1 aliphatic rings. The minimum absolute atomic E-state index is 0.307. The second-order valence-electron chi connectivity index (χ2n) is 6.70. The Kier molecular flexibility index (Phi) is 4.56. The van der Waals surface area contributed by atoms with E-state index in [0.29, 0.717) is 39.2 Å². The molecule has 0 radical (unpaired) electrons. The molecule has 0 spiro atoms. The highest BCUT2D eigenvalue weighted by atomic mass is 32.1. The zero-order chi connectivity index (χ0) is 20.7. The number of thiophene rings is 1. The molecule has 5 nitrogen and oxygen atoms in total. The van der Waals surface area contributed by atoms with Gasteiger partial charge in [-0.05, 0) is 29.8 Å². The van der Waals surface area contributed by atoms with E-state index in [2.05, 4.69) is 10.1 Å². The minimum Gasteiger partial charge on any atom is -0.456 e. The number of halogens is 3. The molecular formula is C21H13F3N2O3S. The number of nitrogens with zero attached hydrogens (tertiary/aromatic N) is 2. The van der Waals surface area contributed by atoms with Crippen molar-refractivity contribution in [1.29, 1.82) is 0 Å². The van der Waals surface area contributed by atoms with Crippen molar-refractivity contribution in [1.82, 2.24) is 10.1 Å². The maximum atomic E-state index is 13.5. The molecule has 0 aliphatic carbocycles. The van der Waals surface area contributed by atoms with E-state index >= 15 is 0 Å². The van der Waals surface area contributed by atoms with Crippen LogP contribution in [0.4, 0.5) is 13.2 Å². The van der Waals surface area contributed by atoms with E-state index in [4.69, 9.17) is 14.0 Å². The van der Waals surface area contributed by atoms with Crippen molar-refractivity contribution in [2.24, 2.45) is 0 Å². The van der Waals surface area contributed by atoms with Crippen molar-refractivity contribution >= 4 is 11.3 Å². The lowest BCUT2D eigenvalue weighted by Crippen LogP contribution is -2.44. The first-order chi connectivity index (χ1) is 14.5. The summed E-state index contributed by atoms with van der Waals surface area (Å²) in [5.41, 5.74) is 1.04. The van der Waals surface area contributed by atoms with E-state index in [1.54, 1.807) is 35.7 Å². The Morgan fingerprint density at radius 1 is 1.03 bits per heavy atom. The number of ether oxygens (including phenoxy) is 2. The highest BCUT2D eigenvalue weighted by Gasteiger charge is 2.51. The van der Waals surface area contributed by atoms with E-state index in [1.807, 2.05) is 0 Å². The van der Waals surface area contributed by atoms with E-state index in [9.17, 15) is 13.2 Å². The van der Waals surface area contributed by atoms with Gasteiger partial charge in [-0.2, -0.15) is 4.98 Å². The Morgan fingerprint density at radius 3 is 2.47 bits per heavy atom. The second-order valence-corrected chi connectivity index (χ2v) is 7.61. The molecule has 4 aromatic rings. The van der Waals surface area contributed by atoms with Gasteiger partial charge < -0.3 is 14.0 Å². The fourth-order valence-electron chi connectivity index (χ4n) is 3.00. The normalized spacial score (nSPS) is 17.5. The monoisotopic (exact) mass is 430 g/mol. The quantitative estimate of drug-likeness (QED) is 0.383. The lowest BCUT2D eigenvalue weighted by Gasteiger charge is -2.36. The lowest BCUT2D eigenvalue weighted by molar-refractivity contribution is -0.268. The lowest BCUT2D eigenvalue weighted by atomic mass is 9.98. The number of aromatic nitrogens is 2. The van der Waals surface area contributed by atoms with Gasteiger partial charge in [0.15, 0.2) is 0 Å². The van der Waals surface area contributed by atoms with Crippen LogP contribution in [-0.2, 0) is 4.74 Å². The van der Waals surface area contributed by atoms with Crippen LogP contribution in [0.1, 0.15) is 11.7 Å². The molecule has 0 bridgehead atoms. The van der Waals surface area contributed by atoms with Crippen LogP contribution < -0.4 is 4.74 Å². The van der Waals surface area contributed by atoms with Gasteiger partial charge in [0.25, 0.3) is 5.89 Å². The molecule has 9 heteroatoms. The summed E-state index contributed by atoms with van der Waals surface area (Å²) < 4.78 is 55.9. The van der Waals surface area contributed by atoms with Gasteiger partial charge in [0, 0.05) is 17.0 Å². The first-order valence-electron chi connectivity index (χ1n) is 8.94. The third kappa shape index (κ3) is 3.57. The molecular weight excluding hydrogens is 417 g/mol. The number of hydrogen-bond acceptors (Lipinski definition) is 6. The van der Waals surface area contributed by atoms with Gasteiger partial charge in [0.2, 0.25) is 5.82 Å². The van der Waals surface area contributed by atoms with Crippen LogP contribution in [0.25, 0.3) is 22.2 Å². The third-order valence-electron chi connectivity index (χ3n) is 4.56.